The van der Waals surface area contributed by atoms with E-state index in [1.807, 2.05) is 13.8 Å². The Balaban J connectivity index is 2.91. The zero-order chi connectivity index (χ0) is 11.1. The van der Waals surface area contributed by atoms with Gasteiger partial charge in [-0.15, -0.1) is 15.1 Å². The summed E-state index contributed by atoms with van der Waals surface area (Å²) < 4.78 is 10.5. The summed E-state index contributed by atoms with van der Waals surface area (Å²) >= 11 is 0. The van der Waals surface area contributed by atoms with Crippen molar-refractivity contribution in [3.05, 3.63) is 11.0 Å². The van der Waals surface area contributed by atoms with Crippen molar-refractivity contribution in [1.82, 2.24) is 10.2 Å². The van der Waals surface area contributed by atoms with Crippen molar-refractivity contribution in [1.29, 1.82) is 0 Å². The van der Waals surface area contributed by atoms with Crippen molar-refractivity contribution in [2.24, 2.45) is 5.29 Å². The van der Waals surface area contributed by atoms with Gasteiger partial charge in [-0.2, -0.15) is 0 Å². The molecule has 0 bridgehead atoms. The number of anilines is 1. The molecular formula is C8H12N4O3. The van der Waals surface area contributed by atoms with Crippen LogP contribution in [0.3, 0.4) is 0 Å². The Morgan fingerprint density at radius 1 is 1.33 bits per heavy atom. The molecule has 0 saturated carbocycles. The molecule has 7 nitrogen and oxygen atoms in total. The van der Waals surface area contributed by atoms with Crippen LogP contribution in [0.5, 0.6) is 11.6 Å². The Labute approximate surface area is 86.7 Å². The first-order valence-electron chi connectivity index (χ1n) is 4.53. The first kappa shape index (κ1) is 11.2. The summed E-state index contributed by atoms with van der Waals surface area (Å²) in [6.45, 7) is 4.60. The third-order valence-electron chi connectivity index (χ3n) is 1.47. The van der Waals surface area contributed by atoms with Gasteiger partial charge in [-0.1, -0.05) is 0 Å². The molecule has 0 amide bonds. The van der Waals surface area contributed by atoms with Gasteiger partial charge in [0.25, 0.3) is 5.88 Å². The number of nitrogens with zero attached hydrogens (tertiary/aromatic N) is 3. The lowest BCUT2D eigenvalue weighted by atomic mass is 10.4. The summed E-state index contributed by atoms with van der Waals surface area (Å²) in [6, 6.07) is 1.50. The Bertz CT molecular complexity index is 332. The number of ether oxygens (including phenoxy) is 2. The van der Waals surface area contributed by atoms with E-state index < -0.39 is 0 Å². The molecule has 1 aromatic rings. The third kappa shape index (κ3) is 3.04. The molecular weight excluding hydrogens is 200 g/mol. The Morgan fingerprint density at radius 3 is 2.67 bits per heavy atom. The van der Waals surface area contributed by atoms with Gasteiger partial charge in [0.2, 0.25) is 0 Å². The van der Waals surface area contributed by atoms with E-state index in [0.29, 0.717) is 24.8 Å². The van der Waals surface area contributed by atoms with Crippen LogP contribution in [0.4, 0.5) is 5.82 Å². The standard InChI is InChI=1S/C8H12N4O3/c1-3-14-6-5-7(10-12-13)9-11-8(6)15-4-2/h5H,3-4H2,1-2H3,(H,9,10,13). The summed E-state index contributed by atoms with van der Waals surface area (Å²) in [5.74, 6) is 0.952. The van der Waals surface area contributed by atoms with E-state index in [0.717, 1.165) is 0 Å². The lowest BCUT2D eigenvalue weighted by molar-refractivity contribution is 0.275. The monoisotopic (exact) mass is 212 g/mol. The fourth-order valence-electron chi connectivity index (χ4n) is 0.960. The van der Waals surface area contributed by atoms with Crippen LogP contribution in [0.15, 0.2) is 11.4 Å². The molecule has 1 heterocycles. The topological polar surface area (TPSA) is 85.7 Å². The summed E-state index contributed by atoms with van der Waals surface area (Å²) in [6.07, 6.45) is 0. The zero-order valence-corrected chi connectivity index (χ0v) is 8.56. The second-order valence-corrected chi connectivity index (χ2v) is 2.47. The predicted molar refractivity (Wildman–Crippen MR) is 53.8 cm³/mol. The highest BCUT2D eigenvalue weighted by Gasteiger charge is 2.08. The SMILES string of the molecule is CCOc1cc(NN=O)nnc1OCC. The molecule has 0 radical (unpaired) electrons. The average Bonchev–Trinajstić information content (AvgIpc) is 2.23. The molecule has 0 aliphatic rings. The lowest BCUT2D eigenvalue weighted by Crippen LogP contribution is -2.03. The Hall–Kier alpha value is -1.92. The summed E-state index contributed by atoms with van der Waals surface area (Å²) in [5, 5.41) is 9.90. The molecule has 15 heavy (non-hydrogen) atoms. The van der Waals surface area contributed by atoms with Crippen molar-refractivity contribution in [2.45, 2.75) is 13.8 Å². The second-order valence-electron chi connectivity index (χ2n) is 2.47. The lowest BCUT2D eigenvalue weighted by Gasteiger charge is -2.08. The van der Waals surface area contributed by atoms with Crippen molar-refractivity contribution in [3.8, 4) is 11.6 Å². The van der Waals surface area contributed by atoms with E-state index in [1.165, 1.54) is 6.07 Å². The van der Waals surface area contributed by atoms with Gasteiger partial charge in [0, 0.05) is 6.07 Å². The first-order chi connectivity index (χ1) is 7.31. The van der Waals surface area contributed by atoms with Gasteiger partial charge < -0.3 is 9.47 Å². The van der Waals surface area contributed by atoms with Crippen LogP contribution in [0.1, 0.15) is 13.8 Å². The molecule has 1 rings (SSSR count). The van der Waals surface area contributed by atoms with Gasteiger partial charge in [-0.05, 0) is 13.8 Å². The normalized spacial score (nSPS) is 9.47. The van der Waals surface area contributed by atoms with Crippen LogP contribution in [-0.4, -0.2) is 23.4 Å². The fraction of sp³-hybridized carbons (Fsp3) is 0.500. The van der Waals surface area contributed by atoms with Crippen molar-refractivity contribution in [3.63, 3.8) is 0 Å². The molecule has 0 saturated heterocycles. The summed E-state index contributed by atoms with van der Waals surface area (Å²) in [7, 11) is 0. The molecule has 7 heteroatoms. The summed E-state index contributed by atoms with van der Waals surface area (Å²) in [4.78, 5) is 9.95. The Morgan fingerprint density at radius 2 is 2.07 bits per heavy atom. The minimum atomic E-state index is 0.219. The van der Waals surface area contributed by atoms with Gasteiger partial charge in [-0.25, -0.2) is 5.43 Å². The molecule has 0 unspecified atom stereocenters. The molecule has 0 aliphatic heterocycles. The number of nitroso groups, excluding NO2 is 1. The maximum atomic E-state index is 9.95. The van der Waals surface area contributed by atoms with E-state index in [4.69, 9.17) is 9.47 Å². The highest BCUT2D eigenvalue weighted by Crippen LogP contribution is 2.25. The molecule has 0 aromatic carbocycles. The highest BCUT2D eigenvalue weighted by atomic mass is 16.5. The molecule has 1 N–H and O–H groups in total. The number of hydrogen-bond acceptors (Lipinski definition) is 6. The van der Waals surface area contributed by atoms with Crippen molar-refractivity contribution in [2.75, 3.05) is 18.6 Å². The fourth-order valence-corrected chi connectivity index (χ4v) is 0.960. The maximum Gasteiger partial charge on any atom is 0.276 e. The van der Waals surface area contributed by atoms with Crippen molar-refractivity contribution >= 4 is 5.82 Å². The van der Waals surface area contributed by atoms with Gasteiger partial charge in [0.05, 0.1) is 18.5 Å². The second kappa shape index (κ2) is 5.74. The molecule has 0 aliphatic carbocycles. The van der Waals surface area contributed by atoms with Crippen LogP contribution in [0, 0.1) is 4.91 Å². The Kier molecular flexibility index (Phi) is 4.27. The predicted octanol–water partition coefficient (Wildman–Crippen LogP) is 1.37. The van der Waals surface area contributed by atoms with E-state index in [1.54, 1.807) is 0 Å². The van der Waals surface area contributed by atoms with Crippen LogP contribution in [-0.2, 0) is 0 Å². The highest BCUT2D eigenvalue weighted by molar-refractivity contribution is 5.44. The maximum absolute atomic E-state index is 9.95. The number of rotatable bonds is 6. The third-order valence-corrected chi connectivity index (χ3v) is 1.47. The van der Waals surface area contributed by atoms with E-state index >= 15 is 0 Å². The van der Waals surface area contributed by atoms with Gasteiger partial charge in [0.15, 0.2) is 11.6 Å². The van der Waals surface area contributed by atoms with Gasteiger partial charge in [-0.3, -0.25) is 0 Å². The van der Waals surface area contributed by atoms with Gasteiger partial charge in [0.1, 0.15) is 0 Å². The van der Waals surface area contributed by atoms with Gasteiger partial charge >= 0.3 is 0 Å². The minimum Gasteiger partial charge on any atom is -0.488 e. The van der Waals surface area contributed by atoms with Crippen LogP contribution >= 0.6 is 0 Å². The molecule has 1 aromatic heterocycles. The van der Waals surface area contributed by atoms with E-state index in [9.17, 15) is 4.91 Å². The van der Waals surface area contributed by atoms with Crippen LogP contribution < -0.4 is 14.9 Å². The molecule has 0 atom stereocenters. The van der Waals surface area contributed by atoms with Crippen LogP contribution in [0.25, 0.3) is 0 Å². The number of nitrogens with one attached hydrogen (secondary N) is 1. The van der Waals surface area contributed by atoms with Crippen molar-refractivity contribution < 1.29 is 9.47 Å². The average molecular weight is 212 g/mol. The minimum absolute atomic E-state index is 0.219. The largest absolute Gasteiger partial charge is 0.488 e. The van der Waals surface area contributed by atoms with E-state index in [-0.39, 0.29) is 5.82 Å². The van der Waals surface area contributed by atoms with Crippen LogP contribution in [0.2, 0.25) is 0 Å². The molecule has 0 fully saturated rings. The molecule has 82 valence electrons. The zero-order valence-electron chi connectivity index (χ0n) is 8.56. The summed E-state index contributed by atoms with van der Waals surface area (Å²) in [5.41, 5.74) is 2.14. The first-order valence-corrected chi connectivity index (χ1v) is 4.53. The number of hydrogen-bond donors (Lipinski definition) is 1. The number of aromatic nitrogens is 2. The quantitative estimate of drug-likeness (QED) is 0.566. The molecule has 0 spiro atoms. The smallest absolute Gasteiger partial charge is 0.276 e. The van der Waals surface area contributed by atoms with E-state index in [2.05, 4.69) is 20.9 Å².